The SMILES string of the molecule is C=CC[C@H](O)C[C@@H](O)[C@@H](C)[C@H](OCc1ccccc1)C(C)C. The lowest BCUT2D eigenvalue weighted by molar-refractivity contribution is -0.0703. The first-order chi connectivity index (χ1) is 10.5. The van der Waals surface area contributed by atoms with Crippen molar-refractivity contribution in [1.29, 1.82) is 0 Å². The zero-order chi connectivity index (χ0) is 16.5. The molecule has 0 aliphatic rings. The van der Waals surface area contributed by atoms with Crippen molar-refractivity contribution in [1.82, 2.24) is 0 Å². The van der Waals surface area contributed by atoms with Crippen LogP contribution in [0.3, 0.4) is 0 Å². The second kappa shape index (κ2) is 9.78. The summed E-state index contributed by atoms with van der Waals surface area (Å²) in [6.45, 7) is 10.3. The molecule has 1 aromatic rings. The molecule has 0 aromatic heterocycles. The van der Waals surface area contributed by atoms with E-state index in [4.69, 9.17) is 4.74 Å². The molecule has 1 rings (SSSR count). The fraction of sp³-hybridized carbons (Fsp3) is 0.579. The van der Waals surface area contributed by atoms with Crippen molar-refractivity contribution in [3.05, 3.63) is 48.6 Å². The lowest BCUT2D eigenvalue weighted by Crippen LogP contribution is -2.37. The van der Waals surface area contributed by atoms with E-state index >= 15 is 0 Å². The Balaban J connectivity index is 2.59. The summed E-state index contributed by atoms with van der Waals surface area (Å²) in [6, 6.07) is 10.0. The molecular formula is C19H30O3. The normalized spacial score (nSPS) is 17.0. The molecule has 0 bridgehead atoms. The summed E-state index contributed by atoms with van der Waals surface area (Å²) in [5.74, 6) is 0.257. The molecule has 0 amide bonds. The van der Waals surface area contributed by atoms with Crippen LogP contribution in [0.1, 0.15) is 39.2 Å². The molecule has 0 unspecified atom stereocenters. The van der Waals surface area contributed by atoms with Crippen molar-refractivity contribution in [2.45, 2.75) is 58.5 Å². The van der Waals surface area contributed by atoms with E-state index in [-0.39, 0.29) is 12.0 Å². The van der Waals surface area contributed by atoms with E-state index in [1.165, 1.54) is 0 Å². The molecule has 0 spiro atoms. The lowest BCUT2D eigenvalue weighted by Gasteiger charge is -2.32. The van der Waals surface area contributed by atoms with Gasteiger partial charge in [0.1, 0.15) is 0 Å². The maximum atomic E-state index is 10.4. The van der Waals surface area contributed by atoms with Crippen molar-refractivity contribution in [3.63, 3.8) is 0 Å². The van der Waals surface area contributed by atoms with Crippen LogP contribution in [0.15, 0.2) is 43.0 Å². The molecule has 0 aliphatic carbocycles. The van der Waals surface area contributed by atoms with Crippen molar-refractivity contribution in [2.24, 2.45) is 11.8 Å². The maximum absolute atomic E-state index is 10.4. The molecule has 0 radical (unpaired) electrons. The van der Waals surface area contributed by atoms with Gasteiger partial charge >= 0.3 is 0 Å². The third-order valence-corrected chi connectivity index (χ3v) is 4.02. The average Bonchev–Trinajstić information content (AvgIpc) is 2.48. The van der Waals surface area contributed by atoms with Crippen LogP contribution >= 0.6 is 0 Å². The van der Waals surface area contributed by atoms with Crippen LogP contribution in [0.4, 0.5) is 0 Å². The number of hydrogen-bond donors (Lipinski definition) is 2. The van der Waals surface area contributed by atoms with Gasteiger partial charge in [-0.3, -0.25) is 0 Å². The Morgan fingerprint density at radius 3 is 2.32 bits per heavy atom. The predicted molar refractivity (Wildman–Crippen MR) is 90.5 cm³/mol. The highest BCUT2D eigenvalue weighted by Crippen LogP contribution is 2.24. The van der Waals surface area contributed by atoms with E-state index in [1.807, 2.05) is 37.3 Å². The van der Waals surface area contributed by atoms with E-state index in [2.05, 4.69) is 20.4 Å². The Bertz CT molecular complexity index is 416. The van der Waals surface area contributed by atoms with Crippen molar-refractivity contribution >= 4 is 0 Å². The molecular weight excluding hydrogens is 276 g/mol. The minimum Gasteiger partial charge on any atom is -0.393 e. The third-order valence-electron chi connectivity index (χ3n) is 4.02. The Morgan fingerprint density at radius 2 is 1.77 bits per heavy atom. The smallest absolute Gasteiger partial charge is 0.0720 e. The van der Waals surface area contributed by atoms with Crippen LogP contribution in [0, 0.1) is 11.8 Å². The third kappa shape index (κ3) is 6.30. The highest BCUT2D eigenvalue weighted by molar-refractivity contribution is 5.13. The topological polar surface area (TPSA) is 49.7 Å². The number of benzene rings is 1. The molecule has 4 atom stereocenters. The Morgan fingerprint density at radius 1 is 1.14 bits per heavy atom. The van der Waals surface area contributed by atoms with Gasteiger partial charge in [0, 0.05) is 5.92 Å². The maximum Gasteiger partial charge on any atom is 0.0720 e. The zero-order valence-corrected chi connectivity index (χ0v) is 14.0. The largest absolute Gasteiger partial charge is 0.393 e. The first-order valence-corrected chi connectivity index (χ1v) is 8.08. The summed E-state index contributed by atoms with van der Waals surface area (Å²) in [5, 5.41) is 20.2. The molecule has 1 aromatic carbocycles. The number of aliphatic hydroxyl groups excluding tert-OH is 2. The first kappa shape index (κ1) is 18.9. The minimum absolute atomic E-state index is 0.0387. The van der Waals surface area contributed by atoms with Crippen LogP contribution in [-0.2, 0) is 11.3 Å². The van der Waals surface area contributed by atoms with E-state index in [0.29, 0.717) is 25.4 Å². The lowest BCUT2D eigenvalue weighted by atomic mass is 9.87. The van der Waals surface area contributed by atoms with Crippen LogP contribution in [0.5, 0.6) is 0 Å². The summed E-state index contributed by atoms with van der Waals surface area (Å²) >= 11 is 0. The van der Waals surface area contributed by atoms with E-state index in [0.717, 1.165) is 5.56 Å². The summed E-state index contributed by atoms with van der Waals surface area (Å²) in [5.41, 5.74) is 1.13. The molecule has 0 heterocycles. The van der Waals surface area contributed by atoms with Gasteiger partial charge in [-0.2, -0.15) is 0 Å². The predicted octanol–water partition coefficient (Wildman–Crippen LogP) is 3.55. The molecule has 0 fully saturated rings. The summed E-state index contributed by atoms with van der Waals surface area (Å²) in [4.78, 5) is 0. The van der Waals surface area contributed by atoms with Crippen molar-refractivity contribution in [2.75, 3.05) is 0 Å². The number of hydrogen-bond acceptors (Lipinski definition) is 3. The van der Waals surface area contributed by atoms with Crippen LogP contribution in [0.2, 0.25) is 0 Å². The highest BCUT2D eigenvalue weighted by Gasteiger charge is 2.28. The van der Waals surface area contributed by atoms with Gasteiger partial charge in [0.15, 0.2) is 0 Å². The standard InChI is InChI=1S/C19H30O3/c1-5-9-17(20)12-18(21)15(4)19(14(2)3)22-13-16-10-7-6-8-11-16/h5-8,10-11,14-15,17-21H,1,9,12-13H2,2-4H3/t15-,17+,18-,19-/m1/s1. The first-order valence-electron chi connectivity index (χ1n) is 8.08. The van der Waals surface area contributed by atoms with Crippen molar-refractivity contribution < 1.29 is 14.9 Å². The highest BCUT2D eigenvalue weighted by atomic mass is 16.5. The van der Waals surface area contributed by atoms with Crippen LogP contribution < -0.4 is 0 Å². The van der Waals surface area contributed by atoms with Gasteiger partial charge in [0.2, 0.25) is 0 Å². The fourth-order valence-electron chi connectivity index (χ4n) is 2.72. The van der Waals surface area contributed by atoms with Gasteiger partial charge in [-0.25, -0.2) is 0 Å². The Labute approximate surface area is 134 Å². The van der Waals surface area contributed by atoms with Crippen LogP contribution in [-0.4, -0.2) is 28.5 Å². The molecule has 0 saturated carbocycles. The Kier molecular flexibility index (Phi) is 8.39. The number of aliphatic hydroxyl groups is 2. The monoisotopic (exact) mass is 306 g/mol. The van der Waals surface area contributed by atoms with Gasteiger partial charge in [-0.05, 0) is 24.3 Å². The van der Waals surface area contributed by atoms with Gasteiger partial charge in [-0.1, -0.05) is 57.2 Å². The average molecular weight is 306 g/mol. The van der Waals surface area contributed by atoms with Crippen molar-refractivity contribution in [3.8, 4) is 0 Å². The molecule has 0 aliphatic heterocycles. The molecule has 22 heavy (non-hydrogen) atoms. The molecule has 3 nitrogen and oxygen atoms in total. The van der Waals surface area contributed by atoms with Crippen LogP contribution in [0.25, 0.3) is 0 Å². The molecule has 3 heteroatoms. The molecule has 2 N–H and O–H groups in total. The van der Waals surface area contributed by atoms with E-state index in [1.54, 1.807) is 6.08 Å². The summed E-state index contributed by atoms with van der Waals surface area (Å²) in [6.07, 6.45) is 1.35. The summed E-state index contributed by atoms with van der Waals surface area (Å²) < 4.78 is 6.05. The second-order valence-corrected chi connectivity index (χ2v) is 6.35. The molecule has 124 valence electrons. The van der Waals surface area contributed by atoms with E-state index < -0.39 is 12.2 Å². The van der Waals surface area contributed by atoms with Gasteiger partial charge in [-0.15, -0.1) is 6.58 Å². The van der Waals surface area contributed by atoms with Gasteiger partial charge in [0.25, 0.3) is 0 Å². The summed E-state index contributed by atoms with van der Waals surface area (Å²) in [7, 11) is 0. The number of rotatable bonds is 10. The quantitative estimate of drug-likeness (QED) is 0.650. The minimum atomic E-state index is -0.585. The molecule has 0 saturated heterocycles. The zero-order valence-electron chi connectivity index (χ0n) is 14.0. The van der Waals surface area contributed by atoms with Gasteiger partial charge < -0.3 is 14.9 Å². The second-order valence-electron chi connectivity index (χ2n) is 6.35. The van der Waals surface area contributed by atoms with Gasteiger partial charge in [0.05, 0.1) is 24.9 Å². The fourth-order valence-corrected chi connectivity index (χ4v) is 2.72. The Hall–Kier alpha value is -1.16. The van der Waals surface area contributed by atoms with E-state index in [9.17, 15) is 10.2 Å². The number of ether oxygens (including phenoxy) is 1.